The zero-order valence-electron chi connectivity index (χ0n) is 15.0. The monoisotopic (exact) mass is 332 g/mol. The van der Waals surface area contributed by atoms with Crippen molar-refractivity contribution in [2.24, 2.45) is 0 Å². The summed E-state index contributed by atoms with van der Waals surface area (Å²) >= 11 is 0. The predicted molar refractivity (Wildman–Crippen MR) is 103 cm³/mol. The number of nitrogens with zero attached hydrogens (tertiary/aromatic N) is 1. The van der Waals surface area contributed by atoms with Gasteiger partial charge in [0.2, 0.25) is 0 Å². The maximum Gasteiger partial charge on any atom is 0.143 e. The maximum atomic E-state index is 6.01. The van der Waals surface area contributed by atoms with Gasteiger partial charge in [-0.3, -0.25) is 4.98 Å². The van der Waals surface area contributed by atoms with Gasteiger partial charge < -0.3 is 10.1 Å². The van der Waals surface area contributed by atoms with Crippen LogP contribution in [-0.2, 0) is 12.0 Å². The minimum absolute atomic E-state index is 0.0635. The number of anilines is 2. The first-order chi connectivity index (χ1) is 12.0. The number of aromatic nitrogens is 1. The summed E-state index contributed by atoms with van der Waals surface area (Å²) in [5.74, 6) is 0.826. The maximum absolute atomic E-state index is 6.01. The van der Waals surface area contributed by atoms with Gasteiger partial charge in [-0.2, -0.15) is 0 Å². The molecule has 1 heterocycles. The van der Waals surface area contributed by atoms with Crippen molar-refractivity contribution in [2.45, 2.75) is 32.8 Å². The molecule has 0 aliphatic heterocycles. The van der Waals surface area contributed by atoms with E-state index in [1.54, 1.807) is 0 Å². The molecule has 3 nitrogen and oxygen atoms in total. The average molecular weight is 332 g/mol. The number of hydrogen-bond donors (Lipinski definition) is 1. The van der Waals surface area contributed by atoms with Gasteiger partial charge in [0.05, 0.1) is 17.6 Å². The zero-order valence-corrected chi connectivity index (χ0v) is 15.0. The molecule has 0 saturated heterocycles. The van der Waals surface area contributed by atoms with Gasteiger partial charge in [-0.15, -0.1) is 0 Å². The quantitative estimate of drug-likeness (QED) is 0.650. The van der Waals surface area contributed by atoms with Crippen molar-refractivity contribution in [2.75, 3.05) is 5.32 Å². The Morgan fingerprint density at radius 3 is 2.40 bits per heavy atom. The summed E-state index contributed by atoms with van der Waals surface area (Å²) in [4.78, 5) is 4.37. The van der Waals surface area contributed by atoms with Crippen LogP contribution in [0.3, 0.4) is 0 Å². The van der Waals surface area contributed by atoms with E-state index in [-0.39, 0.29) is 5.41 Å². The second-order valence-electron chi connectivity index (χ2n) is 7.11. The summed E-state index contributed by atoms with van der Waals surface area (Å²) < 4.78 is 6.01. The minimum Gasteiger partial charge on any atom is -0.487 e. The molecule has 1 N–H and O–H groups in total. The molecule has 0 unspecified atom stereocenters. The smallest absolute Gasteiger partial charge is 0.143 e. The molecule has 3 aromatic rings. The van der Waals surface area contributed by atoms with Crippen LogP contribution in [0.15, 0.2) is 73.1 Å². The first kappa shape index (κ1) is 17.0. The van der Waals surface area contributed by atoms with Gasteiger partial charge in [0.15, 0.2) is 0 Å². The standard InChI is InChI=1S/C22H24N2O/c1-22(2,3)18-13-19(15-23-14-18)24-20-11-7-8-12-21(20)25-16-17-9-5-4-6-10-17/h4-15,24H,16H2,1-3H3. The van der Waals surface area contributed by atoms with Crippen molar-refractivity contribution in [1.29, 1.82) is 0 Å². The van der Waals surface area contributed by atoms with E-state index in [1.165, 1.54) is 5.56 Å². The Balaban J connectivity index is 1.77. The molecule has 0 radical (unpaired) electrons. The highest BCUT2D eigenvalue weighted by molar-refractivity contribution is 5.66. The molecule has 1 aromatic heterocycles. The molecular weight excluding hydrogens is 308 g/mol. The lowest BCUT2D eigenvalue weighted by molar-refractivity contribution is 0.308. The molecule has 0 bridgehead atoms. The van der Waals surface area contributed by atoms with Crippen LogP contribution in [-0.4, -0.2) is 4.98 Å². The fourth-order valence-corrected chi connectivity index (χ4v) is 2.51. The number of hydrogen-bond acceptors (Lipinski definition) is 3. The number of para-hydroxylation sites is 2. The Kier molecular flexibility index (Phi) is 5.03. The van der Waals surface area contributed by atoms with Crippen molar-refractivity contribution in [3.8, 4) is 5.75 Å². The summed E-state index contributed by atoms with van der Waals surface area (Å²) in [7, 11) is 0. The topological polar surface area (TPSA) is 34.2 Å². The molecular formula is C22H24N2O. The van der Waals surface area contributed by atoms with Crippen LogP contribution in [0.4, 0.5) is 11.4 Å². The van der Waals surface area contributed by atoms with Gasteiger partial charge in [-0.25, -0.2) is 0 Å². The van der Waals surface area contributed by atoms with E-state index in [2.05, 4.69) is 49.3 Å². The second kappa shape index (κ2) is 7.39. The Bertz CT molecular complexity index is 823. The van der Waals surface area contributed by atoms with Gasteiger partial charge in [-0.05, 0) is 34.7 Å². The van der Waals surface area contributed by atoms with E-state index in [0.717, 1.165) is 22.7 Å². The molecule has 0 atom stereocenters. The van der Waals surface area contributed by atoms with Crippen LogP contribution in [0.5, 0.6) is 5.75 Å². The lowest BCUT2D eigenvalue weighted by Crippen LogP contribution is -2.11. The first-order valence-electron chi connectivity index (χ1n) is 8.51. The molecule has 0 saturated carbocycles. The summed E-state index contributed by atoms with van der Waals surface area (Å²) in [6, 6.07) is 20.3. The second-order valence-corrected chi connectivity index (χ2v) is 7.11. The van der Waals surface area contributed by atoms with E-state index in [9.17, 15) is 0 Å². The lowest BCUT2D eigenvalue weighted by Gasteiger charge is -2.20. The molecule has 0 spiro atoms. The SMILES string of the molecule is CC(C)(C)c1cncc(Nc2ccccc2OCc2ccccc2)c1. The van der Waals surface area contributed by atoms with Crippen molar-refractivity contribution in [3.63, 3.8) is 0 Å². The van der Waals surface area contributed by atoms with Crippen molar-refractivity contribution in [1.82, 2.24) is 4.98 Å². The molecule has 128 valence electrons. The number of pyridine rings is 1. The van der Waals surface area contributed by atoms with Crippen LogP contribution in [0.1, 0.15) is 31.9 Å². The zero-order chi connectivity index (χ0) is 17.7. The number of benzene rings is 2. The Labute approximate surface area is 149 Å². The highest BCUT2D eigenvalue weighted by atomic mass is 16.5. The van der Waals surface area contributed by atoms with E-state index < -0.39 is 0 Å². The van der Waals surface area contributed by atoms with Crippen LogP contribution in [0, 0.1) is 0 Å². The average Bonchev–Trinajstić information content (AvgIpc) is 2.61. The molecule has 25 heavy (non-hydrogen) atoms. The normalized spacial score (nSPS) is 11.2. The van der Waals surface area contributed by atoms with Crippen LogP contribution in [0.25, 0.3) is 0 Å². The van der Waals surface area contributed by atoms with E-state index in [0.29, 0.717) is 6.61 Å². The molecule has 0 amide bonds. The van der Waals surface area contributed by atoms with Crippen LogP contribution < -0.4 is 10.1 Å². The third kappa shape index (κ3) is 4.60. The highest BCUT2D eigenvalue weighted by Crippen LogP contribution is 2.30. The number of rotatable bonds is 5. The molecule has 0 fully saturated rings. The molecule has 0 aliphatic carbocycles. The summed E-state index contributed by atoms with van der Waals surface area (Å²) in [6.45, 7) is 7.10. The summed E-state index contributed by atoms with van der Waals surface area (Å²) in [5.41, 5.74) is 4.30. The third-order valence-electron chi connectivity index (χ3n) is 4.01. The molecule has 2 aromatic carbocycles. The predicted octanol–water partition coefficient (Wildman–Crippen LogP) is 5.70. The van der Waals surface area contributed by atoms with Gasteiger partial charge in [0.25, 0.3) is 0 Å². The molecule has 3 heteroatoms. The first-order valence-corrected chi connectivity index (χ1v) is 8.51. The Morgan fingerprint density at radius 2 is 1.64 bits per heavy atom. The molecule has 3 rings (SSSR count). The summed E-state index contributed by atoms with van der Waals surface area (Å²) in [6.07, 6.45) is 3.76. The third-order valence-corrected chi connectivity index (χ3v) is 4.01. The Hall–Kier alpha value is -2.81. The van der Waals surface area contributed by atoms with Crippen molar-refractivity contribution in [3.05, 3.63) is 84.2 Å². The highest BCUT2D eigenvalue weighted by Gasteiger charge is 2.14. The fourth-order valence-electron chi connectivity index (χ4n) is 2.51. The summed E-state index contributed by atoms with van der Waals surface area (Å²) in [5, 5.41) is 3.43. The van der Waals surface area contributed by atoms with Crippen molar-refractivity contribution >= 4 is 11.4 Å². The largest absolute Gasteiger partial charge is 0.487 e. The Morgan fingerprint density at radius 1 is 0.920 bits per heavy atom. The van der Waals surface area contributed by atoms with Crippen LogP contribution in [0.2, 0.25) is 0 Å². The van der Waals surface area contributed by atoms with E-state index >= 15 is 0 Å². The van der Waals surface area contributed by atoms with Gasteiger partial charge >= 0.3 is 0 Å². The van der Waals surface area contributed by atoms with Gasteiger partial charge in [-0.1, -0.05) is 63.2 Å². The van der Waals surface area contributed by atoms with E-state index in [1.807, 2.05) is 54.9 Å². The van der Waals surface area contributed by atoms with E-state index in [4.69, 9.17) is 4.74 Å². The van der Waals surface area contributed by atoms with Crippen LogP contribution >= 0.6 is 0 Å². The van der Waals surface area contributed by atoms with Crippen molar-refractivity contribution < 1.29 is 4.74 Å². The van der Waals surface area contributed by atoms with Gasteiger partial charge in [0, 0.05) is 6.20 Å². The fraction of sp³-hybridized carbons (Fsp3) is 0.227. The lowest BCUT2D eigenvalue weighted by atomic mass is 9.88. The minimum atomic E-state index is 0.0635. The molecule has 0 aliphatic rings. The number of ether oxygens (including phenoxy) is 1. The van der Waals surface area contributed by atoms with Gasteiger partial charge in [0.1, 0.15) is 12.4 Å². The number of nitrogens with one attached hydrogen (secondary N) is 1.